The molecule has 0 atom stereocenters. The molecule has 1 saturated heterocycles. The van der Waals surface area contributed by atoms with Gasteiger partial charge >= 0.3 is 12.2 Å². The molecule has 0 aliphatic carbocycles. The van der Waals surface area contributed by atoms with Crippen molar-refractivity contribution < 1.29 is 23.5 Å². The van der Waals surface area contributed by atoms with Gasteiger partial charge in [0.05, 0.1) is 18.3 Å². The number of anilines is 1. The second kappa shape index (κ2) is 10.2. The van der Waals surface area contributed by atoms with Gasteiger partial charge in [0.15, 0.2) is 0 Å². The summed E-state index contributed by atoms with van der Waals surface area (Å²) in [6, 6.07) is 12.5. The molecule has 0 bridgehead atoms. The van der Waals surface area contributed by atoms with E-state index in [4.69, 9.17) is 9.47 Å². The van der Waals surface area contributed by atoms with Crippen LogP contribution in [-0.2, 0) is 11.8 Å². The number of halogens is 1. The number of hydrogen-bond donors (Lipinski definition) is 0. The number of amides is 2. The zero-order valence-corrected chi connectivity index (χ0v) is 20.4. The van der Waals surface area contributed by atoms with Crippen molar-refractivity contribution in [2.75, 3.05) is 25.3 Å². The lowest BCUT2D eigenvalue weighted by molar-refractivity contribution is 0.108. The fourth-order valence-corrected chi connectivity index (χ4v) is 4.43. The van der Waals surface area contributed by atoms with E-state index in [-0.39, 0.29) is 16.6 Å². The number of aryl methyl sites for hydroxylation is 1. The Labute approximate surface area is 212 Å². The molecular weight excluding hydrogens is 479 g/mol. The maximum atomic E-state index is 15.4. The fourth-order valence-electron chi connectivity index (χ4n) is 4.43. The number of carbonyl (C=O) groups excluding carboxylic acids is 2. The highest BCUT2D eigenvalue weighted by Gasteiger charge is 2.28. The summed E-state index contributed by atoms with van der Waals surface area (Å²) in [5, 5.41) is 4.81. The number of likely N-dealkylation sites (tertiary alicyclic amines) is 1. The van der Waals surface area contributed by atoms with Crippen LogP contribution in [0.3, 0.4) is 0 Å². The van der Waals surface area contributed by atoms with E-state index in [0.717, 1.165) is 24.8 Å². The third-order valence-corrected chi connectivity index (χ3v) is 6.23. The number of rotatable bonds is 4. The highest BCUT2D eigenvalue weighted by molar-refractivity contribution is 6.01. The quantitative estimate of drug-likeness (QED) is 0.280. The summed E-state index contributed by atoms with van der Waals surface area (Å²) in [6.45, 7) is 0.931. The van der Waals surface area contributed by atoms with Crippen molar-refractivity contribution in [2.24, 2.45) is 7.05 Å². The molecule has 2 aromatic heterocycles. The Balaban J connectivity index is 1.54. The zero-order chi connectivity index (χ0) is 25.9. The smallest absolute Gasteiger partial charge is 0.452 e. The minimum absolute atomic E-state index is 0.0384. The second-order valence-electron chi connectivity index (χ2n) is 8.66. The van der Waals surface area contributed by atoms with E-state index < -0.39 is 12.2 Å². The molecule has 3 heterocycles. The van der Waals surface area contributed by atoms with Crippen LogP contribution >= 0.6 is 0 Å². The van der Waals surface area contributed by atoms with Gasteiger partial charge < -0.3 is 14.4 Å². The van der Waals surface area contributed by atoms with Gasteiger partial charge in [-0.3, -0.25) is 4.68 Å². The molecule has 1 fully saturated rings. The molecule has 4 aromatic rings. The van der Waals surface area contributed by atoms with Gasteiger partial charge in [-0.25, -0.2) is 19.6 Å². The Morgan fingerprint density at radius 2 is 1.78 bits per heavy atom. The Hall–Kier alpha value is -4.54. The zero-order valence-electron chi connectivity index (χ0n) is 20.4. The Morgan fingerprint density at radius 3 is 2.51 bits per heavy atom. The van der Waals surface area contributed by atoms with E-state index in [9.17, 15) is 9.59 Å². The number of methoxy groups -OCH3 is 1. The first kappa shape index (κ1) is 24.2. The van der Waals surface area contributed by atoms with Gasteiger partial charge in [-0.05, 0) is 25.3 Å². The number of piperidine rings is 1. The number of carbonyl (C=O) groups is 2. The maximum Gasteiger partial charge on any atom is 0.452 e. The van der Waals surface area contributed by atoms with Crippen molar-refractivity contribution >= 4 is 28.8 Å². The van der Waals surface area contributed by atoms with E-state index >= 15 is 4.48 Å². The number of benzene rings is 2. The van der Waals surface area contributed by atoms with E-state index in [1.54, 1.807) is 11.7 Å². The lowest BCUT2D eigenvalue weighted by atomic mass is 10.0. The molecule has 5 rings (SSSR count). The molecule has 37 heavy (non-hydrogen) atoms. The van der Waals surface area contributed by atoms with Crippen LogP contribution in [0.1, 0.15) is 19.3 Å². The second-order valence-corrected chi connectivity index (χ2v) is 8.66. The summed E-state index contributed by atoms with van der Waals surface area (Å²) >= 11 is 0. The van der Waals surface area contributed by atoms with Crippen LogP contribution in [0.25, 0.3) is 33.4 Å². The monoisotopic (exact) mass is 504 g/mol. The van der Waals surface area contributed by atoms with Gasteiger partial charge in [-0.2, -0.15) is 5.10 Å². The van der Waals surface area contributed by atoms with Gasteiger partial charge in [0, 0.05) is 48.9 Å². The summed E-state index contributed by atoms with van der Waals surface area (Å²) in [7, 11) is 3.14. The number of hydrogen-bond acceptors (Lipinski definition) is 7. The number of aromatic nitrogens is 4. The summed E-state index contributed by atoms with van der Waals surface area (Å²) in [5.74, 6) is 0.0384. The molecule has 0 radical (unpaired) electrons. The average molecular weight is 505 g/mol. The number of nitrogens with zero attached hydrogens (tertiary/aromatic N) is 6. The summed E-state index contributed by atoms with van der Waals surface area (Å²) in [6.07, 6.45) is 3.49. The first-order valence-electron chi connectivity index (χ1n) is 11.8. The largest absolute Gasteiger partial charge is 0.494 e. The van der Waals surface area contributed by atoms with Crippen molar-refractivity contribution in [1.29, 1.82) is 0 Å². The Kier molecular flexibility index (Phi) is 6.67. The lowest BCUT2D eigenvalue weighted by Gasteiger charge is -2.25. The minimum Gasteiger partial charge on any atom is -0.494 e. The average Bonchev–Trinajstić information content (AvgIpc) is 3.33. The molecule has 2 aromatic carbocycles. The molecule has 190 valence electrons. The van der Waals surface area contributed by atoms with Crippen LogP contribution in [0.4, 0.5) is 19.8 Å². The van der Waals surface area contributed by atoms with Gasteiger partial charge in [0.25, 0.3) is 0 Å². The molecule has 1 aliphatic rings. The molecule has 0 unspecified atom stereocenters. The van der Waals surface area contributed by atoms with E-state index in [2.05, 4.69) is 15.1 Å². The third-order valence-electron chi connectivity index (χ3n) is 6.23. The van der Waals surface area contributed by atoms with Gasteiger partial charge in [0.2, 0.25) is 0 Å². The predicted molar refractivity (Wildman–Crippen MR) is 135 cm³/mol. The highest BCUT2D eigenvalue weighted by Crippen LogP contribution is 2.39. The SMILES string of the molecule is COc1cc2ncnc(-c3cn(C)nc3-c3ccccc3)c2cc1N(F)C(=O)OC(=O)N1CCCCC1. The highest BCUT2D eigenvalue weighted by atomic mass is 19.2. The number of ether oxygens (including phenoxy) is 2. The topological polar surface area (TPSA) is 103 Å². The summed E-state index contributed by atoms with van der Waals surface area (Å²) in [5.41, 5.74) is 2.99. The molecular formula is C26H25FN6O4. The third kappa shape index (κ3) is 4.80. The Bertz CT molecular complexity index is 1450. The van der Waals surface area contributed by atoms with Gasteiger partial charge in [0.1, 0.15) is 23.5 Å². The van der Waals surface area contributed by atoms with Crippen molar-refractivity contribution in [3.05, 3.63) is 55.0 Å². The van der Waals surface area contributed by atoms with Crippen molar-refractivity contribution in [3.8, 4) is 28.3 Å². The van der Waals surface area contributed by atoms with Crippen LogP contribution in [0.15, 0.2) is 55.0 Å². The van der Waals surface area contributed by atoms with Crippen LogP contribution in [-0.4, -0.2) is 57.0 Å². The molecule has 1 aliphatic heterocycles. The van der Waals surface area contributed by atoms with Crippen LogP contribution in [0.2, 0.25) is 0 Å². The van der Waals surface area contributed by atoms with E-state index in [1.165, 1.54) is 30.5 Å². The minimum atomic E-state index is -1.46. The molecule has 0 spiro atoms. The van der Waals surface area contributed by atoms with E-state index in [0.29, 0.717) is 40.9 Å². The normalized spacial score (nSPS) is 13.4. The molecule has 11 heteroatoms. The number of fused-ring (bicyclic) bond motifs is 1. The molecule has 0 saturated carbocycles. The van der Waals surface area contributed by atoms with E-state index in [1.807, 2.05) is 36.5 Å². The van der Waals surface area contributed by atoms with Crippen LogP contribution in [0.5, 0.6) is 5.75 Å². The summed E-state index contributed by atoms with van der Waals surface area (Å²) in [4.78, 5) is 35.1. The van der Waals surface area contributed by atoms with Crippen molar-refractivity contribution in [1.82, 2.24) is 24.6 Å². The molecule has 10 nitrogen and oxygen atoms in total. The summed E-state index contributed by atoms with van der Waals surface area (Å²) < 4.78 is 27.2. The van der Waals surface area contributed by atoms with Gasteiger partial charge in [-0.15, -0.1) is 5.12 Å². The Morgan fingerprint density at radius 1 is 1.03 bits per heavy atom. The maximum absolute atomic E-state index is 15.4. The fraction of sp³-hybridized carbons (Fsp3) is 0.269. The lowest BCUT2D eigenvalue weighted by Crippen LogP contribution is -2.39. The molecule has 2 amide bonds. The van der Waals surface area contributed by atoms with Crippen molar-refractivity contribution in [3.63, 3.8) is 0 Å². The van der Waals surface area contributed by atoms with Gasteiger partial charge in [-0.1, -0.05) is 34.8 Å². The van der Waals surface area contributed by atoms with Crippen molar-refractivity contribution in [2.45, 2.75) is 19.3 Å². The van der Waals surface area contributed by atoms with Crippen LogP contribution in [0, 0.1) is 0 Å². The van der Waals surface area contributed by atoms with Crippen LogP contribution < -0.4 is 9.86 Å². The predicted octanol–water partition coefficient (Wildman–Crippen LogP) is 5.14. The molecule has 0 N–H and O–H groups in total. The first-order chi connectivity index (χ1) is 18.0. The first-order valence-corrected chi connectivity index (χ1v) is 11.8. The standard InChI is InChI=1S/C26H25FN6O4/c1-31-15-19(23(30-31)17-9-5-3-6-10-17)24-18-13-21(22(36-2)14-20(18)28-16-29-24)33(27)26(35)37-25(34)32-11-7-4-8-12-32/h3,5-6,9-10,13-16H,4,7-8,11-12H2,1-2H3.